The van der Waals surface area contributed by atoms with Crippen LogP contribution in [0.25, 0.3) is 0 Å². The second kappa shape index (κ2) is 7.28. The molecule has 1 aromatic heterocycles. The molecule has 0 aliphatic rings. The molecule has 8 heteroatoms. The molecule has 2 N–H and O–H groups in total. The van der Waals surface area contributed by atoms with Crippen molar-refractivity contribution in [2.75, 3.05) is 24.2 Å². The summed E-state index contributed by atoms with van der Waals surface area (Å²) in [7, 11) is 1.52. The second-order valence-corrected chi connectivity index (χ2v) is 6.03. The molecular formula is C15H17BrN4O3. The number of nitrogens with zero attached hydrogens (tertiary/aromatic N) is 2. The van der Waals surface area contributed by atoms with Crippen molar-refractivity contribution in [2.45, 2.75) is 13.8 Å². The first-order chi connectivity index (χ1) is 10.8. The summed E-state index contributed by atoms with van der Waals surface area (Å²) in [5.41, 5.74) is 1.64. The lowest BCUT2D eigenvalue weighted by Crippen LogP contribution is -2.37. The maximum Gasteiger partial charge on any atom is 0.323 e. The highest BCUT2D eigenvalue weighted by molar-refractivity contribution is 9.10. The number of halogens is 1. The fourth-order valence-electron chi connectivity index (χ4n) is 1.87. The Morgan fingerprint density at radius 3 is 2.61 bits per heavy atom. The molecule has 0 bridgehead atoms. The molecule has 0 spiro atoms. The number of carbonyl (C=O) groups excluding carboxylic acids is 2. The Hall–Kier alpha value is -2.35. The van der Waals surface area contributed by atoms with Crippen molar-refractivity contribution in [3.05, 3.63) is 40.1 Å². The second-order valence-electron chi connectivity index (χ2n) is 5.12. The number of amides is 3. The van der Waals surface area contributed by atoms with Crippen LogP contribution in [0.5, 0.6) is 0 Å². The van der Waals surface area contributed by atoms with E-state index in [9.17, 15) is 9.59 Å². The summed E-state index contributed by atoms with van der Waals surface area (Å²) in [6, 6.07) is 6.69. The van der Waals surface area contributed by atoms with Crippen LogP contribution < -0.4 is 10.6 Å². The molecule has 2 rings (SSSR count). The topological polar surface area (TPSA) is 87.5 Å². The van der Waals surface area contributed by atoms with Crippen molar-refractivity contribution in [2.24, 2.45) is 0 Å². The van der Waals surface area contributed by atoms with Crippen LogP contribution in [0.1, 0.15) is 11.3 Å². The summed E-state index contributed by atoms with van der Waals surface area (Å²) in [5.74, 6) is 0.610. The van der Waals surface area contributed by atoms with Gasteiger partial charge in [0.25, 0.3) is 0 Å². The van der Waals surface area contributed by atoms with Crippen molar-refractivity contribution >= 4 is 39.4 Å². The minimum Gasteiger partial charge on any atom is -0.360 e. The molecule has 2 aromatic rings. The zero-order chi connectivity index (χ0) is 17.0. The first-order valence-corrected chi connectivity index (χ1v) is 7.66. The highest BCUT2D eigenvalue weighted by Crippen LogP contribution is 2.19. The lowest BCUT2D eigenvalue weighted by Gasteiger charge is -2.17. The summed E-state index contributed by atoms with van der Waals surface area (Å²) in [5, 5.41) is 8.99. The van der Waals surface area contributed by atoms with Gasteiger partial charge in [-0.3, -0.25) is 10.1 Å². The minimum atomic E-state index is -0.444. The van der Waals surface area contributed by atoms with E-state index in [2.05, 4.69) is 31.7 Å². The number of likely N-dealkylation sites (N-methyl/N-ethyl adjacent to an activating group) is 1. The van der Waals surface area contributed by atoms with Gasteiger partial charge < -0.3 is 14.7 Å². The van der Waals surface area contributed by atoms with Crippen LogP contribution in [-0.2, 0) is 4.79 Å². The predicted octanol–water partition coefficient (Wildman–Crippen LogP) is 3.16. The maximum absolute atomic E-state index is 12.0. The molecule has 0 fully saturated rings. The van der Waals surface area contributed by atoms with E-state index in [1.54, 1.807) is 19.1 Å². The van der Waals surface area contributed by atoms with E-state index in [0.717, 1.165) is 10.0 Å². The molecule has 0 saturated heterocycles. The van der Waals surface area contributed by atoms with Gasteiger partial charge in [0.15, 0.2) is 5.82 Å². The number of rotatable bonds is 4. The summed E-state index contributed by atoms with van der Waals surface area (Å²) in [6.45, 7) is 3.53. The molecule has 0 atom stereocenters. The van der Waals surface area contributed by atoms with Gasteiger partial charge >= 0.3 is 6.03 Å². The van der Waals surface area contributed by atoms with E-state index in [4.69, 9.17) is 4.52 Å². The van der Waals surface area contributed by atoms with E-state index >= 15 is 0 Å². The van der Waals surface area contributed by atoms with Gasteiger partial charge in [-0.1, -0.05) is 21.1 Å². The molecule has 23 heavy (non-hydrogen) atoms. The third kappa shape index (κ3) is 4.82. The van der Waals surface area contributed by atoms with Gasteiger partial charge in [0.1, 0.15) is 12.3 Å². The third-order valence-corrected chi connectivity index (χ3v) is 3.55. The molecule has 122 valence electrons. The first-order valence-electron chi connectivity index (χ1n) is 6.86. The number of carbonyl (C=O) groups is 2. The summed E-state index contributed by atoms with van der Waals surface area (Å²) in [6.07, 6.45) is 0. The smallest absolute Gasteiger partial charge is 0.323 e. The SMILES string of the molecule is Cc1cc(NC(=O)N(C)CC(=O)Nc2ccc(Br)cc2C)no1. The van der Waals surface area contributed by atoms with Gasteiger partial charge in [-0.25, -0.2) is 4.79 Å². The van der Waals surface area contributed by atoms with Crippen LogP contribution in [0.3, 0.4) is 0 Å². The van der Waals surface area contributed by atoms with Crippen molar-refractivity contribution < 1.29 is 14.1 Å². The number of urea groups is 1. The molecule has 0 aliphatic carbocycles. The predicted molar refractivity (Wildman–Crippen MR) is 90.4 cm³/mol. The molecule has 0 saturated carbocycles. The van der Waals surface area contributed by atoms with Crippen LogP contribution in [0.4, 0.5) is 16.3 Å². The molecule has 0 unspecified atom stereocenters. The molecular weight excluding hydrogens is 364 g/mol. The molecule has 0 radical (unpaired) electrons. The zero-order valence-electron chi connectivity index (χ0n) is 13.0. The largest absolute Gasteiger partial charge is 0.360 e. The van der Waals surface area contributed by atoms with E-state index in [1.807, 2.05) is 19.1 Å². The fourth-order valence-corrected chi connectivity index (χ4v) is 2.35. The Balaban J connectivity index is 1.89. The van der Waals surface area contributed by atoms with Gasteiger partial charge in [-0.15, -0.1) is 0 Å². The minimum absolute atomic E-state index is 0.0851. The molecule has 7 nitrogen and oxygen atoms in total. The summed E-state index contributed by atoms with van der Waals surface area (Å²) < 4.78 is 5.80. The van der Waals surface area contributed by atoms with Gasteiger partial charge in [-0.2, -0.15) is 0 Å². The van der Waals surface area contributed by atoms with Crippen LogP contribution in [0.15, 0.2) is 33.3 Å². The number of nitrogens with one attached hydrogen (secondary N) is 2. The van der Waals surface area contributed by atoms with Crippen LogP contribution in [0.2, 0.25) is 0 Å². The molecule has 0 aliphatic heterocycles. The Morgan fingerprint density at radius 1 is 1.26 bits per heavy atom. The van der Waals surface area contributed by atoms with Crippen molar-refractivity contribution in [1.82, 2.24) is 10.1 Å². The van der Waals surface area contributed by atoms with Crippen molar-refractivity contribution in [3.8, 4) is 0 Å². The van der Waals surface area contributed by atoms with E-state index < -0.39 is 6.03 Å². The highest BCUT2D eigenvalue weighted by atomic mass is 79.9. The standard InChI is InChI=1S/C15H17BrN4O3/c1-9-6-11(16)4-5-12(9)17-14(21)8-20(3)15(22)18-13-7-10(2)23-19-13/h4-7H,8H2,1-3H3,(H,17,21)(H,18,19,22). The van der Waals surface area contributed by atoms with Gasteiger partial charge in [-0.05, 0) is 37.6 Å². The molecule has 3 amide bonds. The number of hydrogen-bond acceptors (Lipinski definition) is 4. The van der Waals surface area contributed by atoms with Crippen LogP contribution in [-0.4, -0.2) is 35.6 Å². The zero-order valence-corrected chi connectivity index (χ0v) is 14.6. The number of hydrogen-bond donors (Lipinski definition) is 2. The Kier molecular flexibility index (Phi) is 5.38. The third-order valence-electron chi connectivity index (χ3n) is 3.05. The lowest BCUT2D eigenvalue weighted by molar-refractivity contribution is -0.116. The Labute approximate surface area is 142 Å². The van der Waals surface area contributed by atoms with E-state index in [0.29, 0.717) is 17.3 Å². The summed E-state index contributed by atoms with van der Waals surface area (Å²) >= 11 is 3.37. The van der Waals surface area contributed by atoms with E-state index in [1.165, 1.54) is 11.9 Å². The number of aryl methyl sites for hydroxylation is 2. The van der Waals surface area contributed by atoms with Gasteiger partial charge in [0.2, 0.25) is 5.91 Å². The number of aromatic nitrogens is 1. The highest BCUT2D eigenvalue weighted by Gasteiger charge is 2.15. The first kappa shape index (κ1) is 17.0. The maximum atomic E-state index is 12.0. The van der Waals surface area contributed by atoms with E-state index in [-0.39, 0.29) is 12.5 Å². The quantitative estimate of drug-likeness (QED) is 0.852. The number of benzene rings is 1. The average Bonchev–Trinajstić information content (AvgIpc) is 2.87. The summed E-state index contributed by atoms with van der Waals surface area (Å²) in [4.78, 5) is 25.3. The average molecular weight is 381 g/mol. The van der Waals surface area contributed by atoms with Gasteiger partial charge in [0, 0.05) is 23.3 Å². The number of anilines is 2. The van der Waals surface area contributed by atoms with Crippen molar-refractivity contribution in [3.63, 3.8) is 0 Å². The van der Waals surface area contributed by atoms with Gasteiger partial charge in [0.05, 0.1) is 0 Å². The molecule has 1 aromatic carbocycles. The Bertz CT molecular complexity index is 729. The normalized spacial score (nSPS) is 10.3. The van der Waals surface area contributed by atoms with Crippen LogP contribution in [0, 0.1) is 13.8 Å². The Morgan fingerprint density at radius 2 is 2.00 bits per heavy atom. The molecule has 1 heterocycles. The van der Waals surface area contributed by atoms with Crippen LogP contribution >= 0.6 is 15.9 Å². The monoisotopic (exact) mass is 380 g/mol. The van der Waals surface area contributed by atoms with Crippen molar-refractivity contribution in [1.29, 1.82) is 0 Å². The fraction of sp³-hybridized carbons (Fsp3) is 0.267. The lowest BCUT2D eigenvalue weighted by atomic mass is 10.2.